The van der Waals surface area contributed by atoms with Crippen LogP contribution in [0, 0.1) is 5.92 Å². The van der Waals surface area contributed by atoms with E-state index in [0.717, 1.165) is 19.0 Å². The maximum absolute atomic E-state index is 5.75. The molecule has 1 unspecified atom stereocenters. The maximum Gasteiger partial charge on any atom is 0.0957 e. The molecule has 0 aromatic carbocycles. The number of methoxy groups -OCH3 is 1. The van der Waals surface area contributed by atoms with Crippen LogP contribution in [0.25, 0.3) is 0 Å². The molecular weight excluding hydrogens is 164 g/mol. The zero-order valence-corrected chi connectivity index (χ0v) is 8.68. The Morgan fingerprint density at radius 1 is 1.46 bits per heavy atom. The Morgan fingerprint density at radius 3 is 2.54 bits per heavy atom. The molecule has 0 aromatic heterocycles. The summed E-state index contributed by atoms with van der Waals surface area (Å²) in [7, 11) is 3.87. The van der Waals surface area contributed by atoms with Gasteiger partial charge in [0, 0.05) is 20.2 Å². The summed E-state index contributed by atoms with van der Waals surface area (Å²) in [4.78, 5) is 2.53. The lowest BCUT2D eigenvalue weighted by atomic mass is 9.75. The number of piperidine rings is 3. The molecule has 0 amide bonds. The molecule has 2 bridgehead atoms. The zero-order chi connectivity index (χ0) is 9.31. The monoisotopic (exact) mass is 184 g/mol. The van der Waals surface area contributed by atoms with Gasteiger partial charge < -0.3 is 15.0 Å². The van der Waals surface area contributed by atoms with Crippen molar-refractivity contribution in [3.8, 4) is 0 Å². The van der Waals surface area contributed by atoms with Crippen LogP contribution in [0.15, 0.2) is 0 Å². The largest absolute Gasteiger partial charge is 0.375 e. The van der Waals surface area contributed by atoms with Gasteiger partial charge in [0.15, 0.2) is 0 Å². The van der Waals surface area contributed by atoms with E-state index in [1.807, 2.05) is 14.2 Å². The highest BCUT2D eigenvalue weighted by molar-refractivity contribution is 5.00. The highest BCUT2D eigenvalue weighted by Gasteiger charge is 2.46. The molecule has 76 valence electrons. The van der Waals surface area contributed by atoms with Crippen LogP contribution >= 0.6 is 0 Å². The van der Waals surface area contributed by atoms with E-state index < -0.39 is 0 Å². The van der Waals surface area contributed by atoms with Crippen molar-refractivity contribution in [2.45, 2.75) is 18.4 Å². The number of hydrogen-bond acceptors (Lipinski definition) is 3. The predicted octanol–water partition coefficient (Wildman–Crippen LogP) is 0.317. The standard InChI is InChI=1S/C10H20N2O/c1-11-7-10(13-2)8-12-5-3-9(10)4-6-12/h9,11H,3-8H2,1-2H3. The second-order valence-electron chi connectivity index (χ2n) is 4.35. The molecule has 0 aromatic rings. The quantitative estimate of drug-likeness (QED) is 0.683. The van der Waals surface area contributed by atoms with Gasteiger partial charge in [-0.15, -0.1) is 0 Å². The summed E-state index contributed by atoms with van der Waals surface area (Å²) in [5, 5.41) is 3.26. The molecule has 3 heteroatoms. The molecule has 3 heterocycles. The molecule has 13 heavy (non-hydrogen) atoms. The molecule has 3 aliphatic heterocycles. The molecule has 3 fully saturated rings. The van der Waals surface area contributed by atoms with Crippen LogP contribution in [0.5, 0.6) is 0 Å². The molecule has 0 radical (unpaired) electrons. The van der Waals surface area contributed by atoms with Crippen molar-refractivity contribution in [1.29, 1.82) is 0 Å². The third-order valence-corrected chi connectivity index (χ3v) is 3.71. The van der Waals surface area contributed by atoms with E-state index in [1.165, 1.54) is 25.9 Å². The summed E-state index contributed by atoms with van der Waals surface area (Å²) < 4.78 is 5.75. The Hall–Kier alpha value is -0.120. The molecule has 1 atom stereocenters. The molecule has 3 saturated heterocycles. The average Bonchev–Trinajstić information content (AvgIpc) is 2.20. The fourth-order valence-electron chi connectivity index (χ4n) is 2.93. The number of likely N-dealkylation sites (N-methyl/N-ethyl adjacent to an activating group) is 1. The summed E-state index contributed by atoms with van der Waals surface area (Å²) >= 11 is 0. The predicted molar refractivity (Wildman–Crippen MR) is 52.8 cm³/mol. The van der Waals surface area contributed by atoms with E-state index in [9.17, 15) is 0 Å². The van der Waals surface area contributed by atoms with Crippen molar-refractivity contribution >= 4 is 0 Å². The van der Waals surface area contributed by atoms with Crippen LogP contribution in [0.2, 0.25) is 0 Å². The average molecular weight is 184 g/mol. The number of rotatable bonds is 3. The molecule has 3 rings (SSSR count). The first-order chi connectivity index (χ1) is 6.30. The van der Waals surface area contributed by atoms with Gasteiger partial charge in [-0.05, 0) is 38.9 Å². The fraction of sp³-hybridized carbons (Fsp3) is 1.00. The molecular formula is C10H20N2O. The minimum Gasteiger partial charge on any atom is -0.375 e. The van der Waals surface area contributed by atoms with Crippen molar-refractivity contribution in [3.63, 3.8) is 0 Å². The van der Waals surface area contributed by atoms with Crippen molar-refractivity contribution < 1.29 is 4.74 Å². The highest BCUT2D eigenvalue weighted by Crippen LogP contribution is 2.37. The van der Waals surface area contributed by atoms with Gasteiger partial charge in [-0.1, -0.05) is 0 Å². The Labute approximate surface area is 80.4 Å². The second kappa shape index (κ2) is 3.56. The van der Waals surface area contributed by atoms with E-state index in [4.69, 9.17) is 4.74 Å². The Balaban J connectivity index is 2.10. The van der Waals surface area contributed by atoms with Gasteiger partial charge in [0.05, 0.1) is 5.60 Å². The molecule has 3 nitrogen and oxygen atoms in total. The first kappa shape index (κ1) is 9.44. The van der Waals surface area contributed by atoms with Gasteiger partial charge in [0.1, 0.15) is 0 Å². The second-order valence-corrected chi connectivity index (χ2v) is 4.35. The lowest BCUT2D eigenvalue weighted by Crippen LogP contribution is -2.63. The summed E-state index contributed by atoms with van der Waals surface area (Å²) in [6.45, 7) is 4.67. The molecule has 0 aliphatic carbocycles. The third-order valence-electron chi connectivity index (χ3n) is 3.71. The lowest BCUT2D eigenvalue weighted by molar-refractivity contribution is -0.131. The topological polar surface area (TPSA) is 24.5 Å². The first-order valence-electron chi connectivity index (χ1n) is 5.23. The van der Waals surface area contributed by atoms with Crippen LogP contribution in [-0.2, 0) is 4.74 Å². The van der Waals surface area contributed by atoms with Gasteiger partial charge in [0.25, 0.3) is 0 Å². The zero-order valence-electron chi connectivity index (χ0n) is 8.68. The minimum absolute atomic E-state index is 0.102. The van der Waals surface area contributed by atoms with E-state index in [0.29, 0.717) is 0 Å². The van der Waals surface area contributed by atoms with Gasteiger partial charge in [-0.3, -0.25) is 0 Å². The van der Waals surface area contributed by atoms with Crippen molar-refractivity contribution in [3.05, 3.63) is 0 Å². The van der Waals surface area contributed by atoms with E-state index in [2.05, 4.69) is 10.2 Å². The molecule has 3 aliphatic rings. The number of nitrogens with one attached hydrogen (secondary N) is 1. The smallest absolute Gasteiger partial charge is 0.0957 e. The highest BCUT2D eigenvalue weighted by atomic mass is 16.5. The van der Waals surface area contributed by atoms with Crippen LogP contribution < -0.4 is 5.32 Å². The Kier molecular flexibility index (Phi) is 2.58. The van der Waals surface area contributed by atoms with E-state index >= 15 is 0 Å². The minimum atomic E-state index is 0.102. The van der Waals surface area contributed by atoms with Gasteiger partial charge >= 0.3 is 0 Å². The van der Waals surface area contributed by atoms with Gasteiger partial charge in [-0.2, -0.15) is 0 Å². The first-order valence-corrected chi connectivity index (χ1v) is 5.23. The molecule has 1 N–H and O–H groups in total. The van der Waals surface area contributed by atoms with E-state index in [-0.39, 0.29) is 5.60 Å². The van der Waals surface area contributed by atoms with Crippen molar-refractivity contribution in [2.75, 3.05) is 40.3 Å². The van der Waals surface area contributed by atoms with Crippen LogP contribution in [0.3, 0.4) is 0 Å². The molecule has 0 saturated carbocycles. The fourth-order valence-corrected chi connectivity index (χ4v) is 2.93. The number of nitrogens with zero attached hydrogens (tertiary/aromatic N) is 1. The Morgan fingerprint density at radius 2 is 2.15 bits per heavy atom. The number of hydrogen-bond donors (Lipinski definition) is 1. The van der Waals surface area contributed by atoms with Crippen LogP contribution in [0.1, 0.15) is 12.8 Å². The summed E-state index contributed by atoms with van der Waals surface area (Å²) in [6, 6.07) is 0. The van der Waals surface area contributed by atoms with Crippen molar-refractivity contribution in [2.24, 2.45) is 5.92 Å². The summed E-state index contributed by atoms with van der Waals surface area (Å²) in [5.74, 6) is 0.773. The Bertz CT molecular complexity index is 178. The third kappa shape index (κ3) is 1.49. The van der Waals surface area contributed by atoms with Crippen LogP contribution in [-0.4, -0.2) is 50.8 Å². The maximum atomic E-state index is 5.75. The van der Waals surface area contributed by atoms with E-state index in [1.54, 1.807) is 0 Å². The molecule has 0 spiro atoms. The summed E-state index contributed by atoms with van der Waals surface area (Å²) in [6.07, 6.45) is 2.63. The number of fused-ring (bicyclic) bond motifs is 3. The summed E-state index contributed by atoms with van der Waals surface area (Å²) in [5.41, 5.74) is 0.102. The lowest BCUT2D eigenvalue weighted by Gasteiger charge is -2.52. The SMILES string of the molecule is CNCC1(OC)CN2CCC1CC2. The van der Waals surface area contributed by atoms with Crippen LogP contribution in [0.4, 0.5) is 0 Å². The van der Waals surface area contributed by atoms with Gasteiger partial charge in [0.2, 0.25) is 0 Å². The van der Waals surface area contributed by atoms with Crippen molar-refractivity contribution in [1.82, 2.24) is 10.2 Å². The number of ether oxygens (including phenoxy) is 1. The normalized spacial score (nSPS) is 43.8. The van der Waals surface area contributed by atoms with Gasteiger partial charge in [-0.25, -0.2) is 0 Å².